The first kappa shape index (κ1) is 14.2. The van der Waals surface area contributed by atoms with Gasteiger partial charge in [0.05, 0.1) is 10.5 Å². The first-order valence-electron chi connectivity index (χ1n) is 5.99. The molecule has 0 radical (unpaired) electrons. The number of aliphatic hydroxyl groups is 1. The highest BCUT2D eigenvalue weighted by Crippen LogP contribution is 2.22. The summed E-state index contributed by atoms with van der Waals surface area (Å²) in [5.41, 5.74) is 0.347. The van der Waals surface area contributed by atoms with Crippen molar-refractivity contribution in [2.45, 2.75) is 46.1 Å². The normalized spacial score (nSPS) is 14.4. The van der Waals surface area contributed by atoms with E-state index in [-0.39, 0.29) is 5.91 Å². The lowest BCUT2D eigenvalue weighted by atomic mass is 10.0. The minimum atomic E-state index is -0.824. The predicted octanol–water partition coefficient (Wildman–Crippen LogP) is 2.51. The van der Waals surface area contributed by atoms with Crippen LogP contribution in [0, 0.1) is 6.92 Å². The van der Waals surface area contributed by atoms with Crippen LogP contribution in [0.5, 0.6) is 0 Å². The summed E-state index contributed by atoms with van der Waals surface area (Å²) in [4.78, 5) is 13.9. The van der Waals surface area contributed by atoms with Crippen molar-refractivity contribution in [3.05, 3.63) is 21.4 Å². The zero-order valence-corrected chi connectivity index (χ0v) is 11.8. The van der Waals surface area contributed by atoms with Gasteiger partial charge >= 0.3 is 0 Å². The lowest BCUT2D eigenvalue weighted by molar-refractivity contribution is 0.0519. The van der Waals surface area contributed by atoms with Crippen LogP contribution in [0.15, 0.2) is 6.07 Å². The second-order valence-corrected chi connectivity index (χ2v) is 5.74. The number of carbonyl (C=O) groups excluding carboxylic acids is 1. The second kappa shape index (κ2) is 5.65. The molecule has 96 valence electrons. The van der Waals surface area contributed by atoms with Gasteiger partial charge in [0.15, 0.2) is 0 Å². The van der Waals surface area contributed by atoms with Gasteiger partial charge in [-0.3, -0.25) is 4.79 Å². The number of rotatable bonds is 5. The van der Waals surface area contributed by atoms with Crippen LogP contribution in [0.1, 0.15) is 47.3 Å². The van der Waals surface area contributed by atoms with Crippen molar-refractivity contribution in [3.8, 4) is 0 Å². The van der Waals surface area contributed by atoms with E-state index < -0.39 is 5.60 Å². The van der Waals surface area contributed by atoms with E-state index in [0.717, 1.165) is 11.3 Å². The molecule has 1 amide bonds. The van der Waals surface area contributed by atoms with Crippen molar-refractivity contribution in [2.24, 2.45) is 0 Å². The number of aryl methyl sites for hydroxylation is 2. The summed E-state index contributed by atoms with van der Waals surface area (Å²) in [5, 5.41) is 12.6. The van der Waals surface area contributed by atoms with E-state index >= 15 is 0 Å². The van der Waals surface area contributed by atoms with E-state index in [2.05, 4.69) is 12.2 Å². The zero-order valence-electron chi connectivity index (χ0n) is 11.0. The van der Waals surface area contributed by atoms with Gasteiger partial charge in [-0.15, -0.1) is 11.3 Å². The van der Waals surface area contributed by atoms with Crippen LogP contribution in [-0.4, -0.2) is 23.2 Å². The molecule has 17 heavy (non-hydrogen) atoms. The average Bonchev–Trinajstić information content (AvgIpc) is 2.67. The summed E-state index contributed by atoms with van der Waals surface area (Å²) in [5.74, 6) is -0.0912. The van der Waals surface area contributed by atoms with E-state index in [1.165, 1.54) is 21.8 Å². The Morgan fingerprint density at radius 3 is 2.65 bits per heavy atom. The highest BCUT2D eigenvalue weighted by Gasteiger charge is 2.19. The maximum atomic E-state index is 11.9. The van der Waals surface area contributed by atoms with Crippen LogP contribution in [0.4, 0.5) is 0 Å². The molecule has 0 spiro atoms. The Kier molecular flexibility index (Phi) is 4.71. The Morgan fingerprint density at radius 2 is 2.18 bits per heavy atom. The van der Waals surface area contributed by atoms with Crippen molar-refractivity contribution in [2.75, 3.05) is 6.54 Å². The molecule has 1 heterocycles. The fraction of sp³-hybridized carbons (Fsp3) is 0.615. The van der Waals surface area contributed by atoms with E-state index in [1.807, 2.05) is 19.9 Å². The van der Waals surface area contributed by atoms with Crippen LogP contribution in [-0.2, 0) is 6.42 Å². The summed E-state index contributed by atoms with van der Waals surface area (Å²) in [6, 6.07) is 1.92. The monoisotopic (exact) mass is 255 g/mol. The summed E-state index contributed by atoms with van der Waals surface area (Å²) < 4.78 is 0. The molecule has 0 aromatic carbocycles. The molecule has 1 aromatic rings. The van der Waals surface area contributed by atoms with E-state index in [0.29, 0.717) is 13.0 Å². The molecule has 2 N–H and O–H groups in total. The largest absolute Gasteiger partial charge is 0.388 e. The van der Waals surface area contributed by atoms with Gasteiger partial charge in [-0.25, -0.2) is 0 Å². The molecule has 1 rings (SSSR count). The maximum absolute atomic E-state index is 11.9. The average molecular weight is 255 g/mol. The molecule has 1 unspecified atom stereocenters. The topological polar surface area (TPSA) is 49.3 Å². The SMILES string of the molecule is CCc1sc(C(=O)NCC(C)(O)CC)cc1C. The third-order valence-electron chi connectivity index (χ3n) is 2.96. The van der Waals surface area contributed by atoms with Gasteiger partial charge in [0.1, 0.15) is 0 Å². The van der Waals surface area contributed by atoms with Crippen LogP contribution in [0.3, 0.4) is 0 Å². The van der Waals surface area contributed by atoms with Crippen LogP contribution in [0.2, 0.25) is 0 Å². The summed E-state index contributed by atoms with van der Waals surface area (Å²) in [7, 11) is 0. The van der Waals surface area contributed by atoms with Crippen LogP contribution in [0.25, 0.3) is 0 Å². The Bertz CT molecular complexity index is 396. The number of hydrogen-bond acceptors (Lipinski definition) is 3. The molecule has 3 nitrogen and oxygen atoms in total. The van der Waals surface area contributed by atoms with E-state index in [1.54, 1.807) is 6.92 Å². The predicted molar refractivity (Wildman–Crippen MR) is 71.7 cm³/mol. The van der Waals surface area contributed by atoms with Gasteiger partial charge in [-0.1, -0.05) is 13.8 Å². The highest BCUT2D eigenvalue weighted by molar-refractivity contribution is 7.14. The fourth-order valence-electron chi connectivity index (χ4n) is 1.47. The van der Waals surface area contributed by atoms with Crippen molar-refractivity contribution < 1.29 is 9.90 Å². The molecule has 1 atom stereocenters. The van der Waals surface area contributed by atoms with Crippen molar-refractivity contribution in [1.82, 2.24) is 5.32 Å². The van der Waals surface area contributed by atoms with Gasteiger partial charge in [0.2, 0.25) is 0 Å². The van der Waals surface area contributed by atoms with E-state index in [4.69, 9.17) is 0 Å². The number of nitrogens with one attached hydrogen (secondary N) is 1. The molecule has 0 saturated carbocycles. The van der Waals surface area contributed by atoms with Gasteiger partial charge in [0.25, 0.3) is 5.91 Å². The molecule has 0 fully saturated rings. The van der Waals surface area contributed by atoms with Crippen molar-refractivity contribution >= 4 is 17.2 Å². The highest BCUT2D eigenvalue weighted by atomic mass is 32.1. The van der Waals surface area contributed by atoms with Crippen LogP contribution >= 0.6 is 11.3 Å². The number of carbonyl (C=O) groups is 1. The fourth-order valence-corrected chi connectivity index (χ4v) is 2.50. The number of amides is 1. The first-order chi connectivity index (χ1) is 7.89. The summed E-state index contributed by atoms with van der Waals surface area (Å²) >= 11 is 1.53. The van der Waals surface area contributed by atoms with Crippen molar-refractivity contribution in [1.29, 1.82) is 0 Å². The molecular weight excluding hydrogens is 234 g/mol. The minimum absolute atomic E-state index is 0.0912. The quantitative estimate of drug-likeness (QED) is 0.849. The smallest absolute Gasteiger partial charge is 0.261 e. The molecule has 0 aliphatic carbocycles. The van der Waals surface area contributed by atoms with Crippen molar-refractivity contribution in [3.63, 3.8) is 0 Å². The Labute approximate surface area is 107 Å². The maximum Gasteiger partial charge on any atom is 0.261 e. The standard InChI is InChI=1S/C13H21NO2S/c1-5-10-9(3)7-11(17-10)12(15)14-8-13(4,16)6-2/h7,16H,5-6,8H2,1-4H3,(H,14,15). The number of hydrogen-bond donors (Lipinski definition) is 2. The Hall–Kier alpha value is -0.870. The summed E-state index contributed by atoms with van der Waals surface area (Å²) in [6.07, 6.45) is 1.58. The second-order valence-electron chi connectivity index (χ2n) is 4.60. The van der Waals surface area contributed by atoms with Gasteiger partial charge in [-0.05, 0) is 38.3 Å². The summed E-state index contributed by atoms with van der Waals surface area (Å²) in [6.45, 7) is 8.03. The lowest BCUT2D eigenvalue weighted by Crippen LogP contribution is -2.39. The van der Waals surface area contributed by atoms with Gasteiger partial charge in [-0.2, -0.15) is 0 Å². The van der Waals surface area contributed by atoms with E-state index in [9.17, 15) is 9.90 Å². The molecule has 0 aliphatic rings. The van der Waals surface area contributed by atoms with Gasteiger partial charge < -0.3 is 10.4 Å². The molecular formula is C13H21NO2S. The lowest BCUT2D eigenvalue weighted by Gasteiger charge is -2.21. The Balaban J connectivity index is 2.64. The Morgan fingerprint density at radius 1 is 1.53 bits per heavy atom. The first-order valence-corrected chi connectivity index (χ1v) is 6.81. The molecule has 4 heteroatoms. The zero-order chi connectivity index (χ0) is 13.1. The molecule has 0 aliphatic heterocycles. The molecule has 1 aromatic heterocycles. The molecule has 0 saturated heterocycles. The van der Waals surface area contributed by atoms with Gasteiger partial charge in [0, 0.05) is 11.4 Å². The minimum Gasteiger partial charge on any atom is -0.388 e. The van der Waals surface area contributed by atoms with Crippen LogP contribution < -0.4 is 5.32 Å². The third-order valence-corrected chi connectivity index (χ3v) is 4.34. The number of thiophene rings is 1. The molecule has 0 bridgehead atoms. The third kappa shape index (κ3) is 3.82.